The molecule has 2 aliphatic rings. The van der Waals surface area contributed by atoms with Crippen molar-refractivity contribution >= 4 is 27.3 Å². The van der Waals surface area contributed by atoms with E-state index < -0.39 is 49.5 Å². The first kappa shape index (κ1) is 20.7. The summed E-state index contributed by atoms with van der Waals surface area (Å²) >= 11 is 0. The van der Waals surface area contributed by atoms with Gasteiger partial charge in [-0.2, -0.15) is 0 Å². The Morgan fingerprint density at radius 1 is 1.32 bits per heavy atom. The molecule has 2 atom stereocenters. The summed E-state index contributed by atoms with van der Waals surface area (Å²) in [5, 5.41) is 2.50. The molecule has 1 amide bonds. The quantitative estimate of drug-likeness (QED) is 0.783. The van der Waals surface area contributed by atoms with Crippen molar-refractivity contribution in [2.75, 3.05) is 17.7 Å². The maximum Gasteiger partial charge on any atom is 0.253 e. The number of ether oxygens (including phenoxy) is 1. The second kappa shape index (κ2) is 6.77. The van der Waals surface area contributed by atoms with Gasteiger partial charge < -0.3 is 15.8 Å². The van der Waals surface area contributed by atoms with Gasteiger partial charge in [-0.05, 0) is 39.7 Å². The van der Waals surface area contributed by atoms with Crippen molar-refractivity contribution in [3.8, 4) is 0 Å². The molecule has 1 fully saturated rings. The lowest BCUT2D eigenvalue weighted by Gasteiger charge is -2.38. The zero-order valence-corrected chi connectivity index (χ0v) is 16.7. The largest absolute Gasteiger partial charge is 0.386 e. The average molecular weight is 415 g/mol. The molecule has 0 radical (unpaired) electrons. The van der Waals surface area contributed by atoms with Crippen LogP contribution in [0, 0.1) is 11.6 Å². The first-order valence-corrected chi connectivity index (χ1v) is 10.5. The van der Waals surface area contributed by atoms with E-state index in [9.17, 15) is 22.0 Å². The van der Waals surface area contributed by atoms with Gasteiger partial charge in [-0.15, -0.1) is 0 Å². The number of amides is 1. The zero-order chi connectivity index (χ0) is 20.9. The molecule has 0 bridgehead atoms. The molecule has 0 saturated carbocycles. The fourth-order valence-corrected chi connectivity index (χ4v) is 5.03. The predicted molar refractivity (Wildman–Crippen MR) is 101 cm³/mol. The normalized spacial score (nSPS) is 28.6. The number of hydrogen-bond acceptors (Lipinski definition) is 6. The molecule has 0 unspecified atom stereocenters. The van der Waals surface area contributed by atoms with Crippen molar-refractivity contribution < 1.29 is 26.7 Å². The van der Waals surface area contributed by atoms with Gasteiger partial charge in [0.25, 0.3) is 5.91 Å². The van der Waals surface area contributed by atoms with Crippen LogP contribution in [0.15, 0.2) is 17.1 Å². The molecule has 2 aliphatic heterocycles. The van der Waals surface area contributed by atoms with E-state index in [1.807, 2.05) is 0 Å². The molecule has 3 N–H and O–H groups in total. The molecule has 1 aromatic carbocycles. The molecule has 1 saturated heterocycles. The number of nitrogens with one attached hydrogen (secondary N) is 1. The van der Waals surface area contributed by atoms with Crippen LogP contribution in [0.4, 0.5) is 14.5 Å². The number of aliphatic imine (C=N–C) groups is 1. The number of benzene rings is 1. The van der Waals surface area contributed by atoms with Crippen LogP contribution in [0.1, 0.15) is 39.2 Å². The van der Waals surface area contributed by atoms with Crippen molar-refractivity contribution in [2.24, 2.45) is 10.7 Å². The summed E-state index contributed by atoms with van der Waals surface area (Å²) < 4.78 is 58.1. The standard InChI is InChI=1S/C18H23F2N3O4S/c1-17(2)16(21)23-18(3,9-28(17,25)26)11-7-10(8-12(19)14(11)20)22-15(24)13-5-4-6-27-13/h7-8,13H,4-6,9H2,1-3H3,(H2,21,23)(H,22,24)/t13-,18+/m1/s1. The molecular formula is C18H23F2N3O4S. The number of sulfone groups is 1. The molecule has 154 valence electrons. The van der Waals surface area contributed by atoms with Gasteiger partial charge in [0.05, 0.1) is 5.75 Å². The zero-order valence-electron chi connectivity index (χ0n) is 15.9. The number of anilines is 1. The van der Waals surface area contributed by atoms with Gasteiger partial charge in [0.1, 0.15) is 22.2 Å². The Balaban J connectivity index is 2.03. The Kier molecular flexibility index (Phi) is 4.99. The maximum atomic E-state index is 14.6. The van der Waals surface area contributed by atoms with Crippen molar-refractivity contribution in [3.05, 3.63) is 29.3 Å². The van der Waals surface area contributed by atoms with E-state index >= 15 is 0 Å². The molecular weight excluding hydrogens is 392 g/mol. The SMILES string of the molecule is CC1(C)C(N)=N[C@](C)(c2cc(NC(=O)[C@H]3CCCO3)cc(F)c2F)CS1(=O)=O. The summed E-state index contributed by atoms with van der Waals surface area (Å²) in [6.07, 6.45) is 0.617. The molecule has 0 aromatic heterocycles. The third kappa shape index (κ3) is 3.39. The van der Waals surface area contributed by atoms with E-state index in [1.165, 1.54) is 26.8 Å². The number of rotatable bonds is 3. The van der Waals surface area contributed by atoms with Crippen molar-refractivity contribution in [3.63, 3.8) is 0 Å². The smallest absolute Gasteiger partial charge is 0.253 e. The van der Waals surface area contributed by atoms with Gasteiger partial charge in [0.2, 0.25) is 0 Å². The molecule has 3 rings (SSSR count). The highest BCUT2D eigenvalue weighted by molar-refractivity contribution is 7.93. The first-order chi connectivity index (χ1) is 12.9. The van der Waals surface area contributed by atoms with Crippen LogP contribution >= 0.6 is 0 Å². The summed E-state index contributed by atoms with van der Waals surface area (Å²) in [5.74, 6) is -3.66. The molecule has 0 spiro atoms. The van der Waals surface area contributed by atoms with Crippen LogP contribution in [0.2, 0.25) is 0 Å². The summed E-state index contributed by atoms with van der Waals surface area (Å²) in [6.45, 7) is 4.66. The number of amidine groups is 1. The number of halogens is 2. The molecule has 10 heteroatoms. The van der Waals surface area contributed by atoms with Gasteiger partial charge in [-0.3, -0.25) is 9.79 Å². The predicted octanol–water partition coefficient (Wildman–Crippen LogP) is 1.86. The second-order valence-corrected chi connectivity index (χ2v) is 10.4. The lowest BCUT2D eigenvalue weighted by atomic mass is 9.92. The molecule has 7 nitrogen and oxygen atoms in total. The summed E-state index contributed by atoms with van der Waals surface area (Å²) in [5.41, 5.74) is 3.93. The van der Waals surface area contributed by atoms with Crippen LogP contribution < -0.4 is 11.1 Å². The molecule has 2 heterocycles. The Morgan fingerprint density at radius 3 is 2.57 bits per heavy atom. The number of carbonyl (C=O) groups excluding carboxylic acids is 1. The molecule has 28 heavy (non-hydrogen) atoms. The van der Waals surface area contributed by atoms with Crippen molar-refractivity contribution in [1.82, 2.24) is 0 Å². The first-order valence-electron chi connectivity index (χ1n) is 8.87. The van der Waals surface area contributed by atoms with E-state index in [1.54, 1.807) is 0 Å². The molecule has 1 aromatic rings. The maximum absolute atomic E-state index is 14.6. The minimum atomic E-state index is -3.80. The van der Waals surface area contributed by atoms with Crippen LogP contribution in [-0.2, 0) is 24.9 Å². The van der Waals surface area contributed by atoms with Gasteiger partial charge in [-0.1, -0.05) is 0 Å². The van der Waals surface area contributed by atoms with Crippen LogP contribution in [0.3, 0.4) is 0 Å². The summed E-state index contributed by atoms with van der Waals surface area (Å²) in [4.78, 5) is 16.4. The van der Waals surface area contributed by atoms with E-state index in [0.717, 1.165) is 12.5 Å². The lowest BCUT2D eigenvalue weighted by molar-refractivity contribution is -0.124. The third-order valence-electron chi connectivity index (χ3n) is 5.33. The van der Waals surface area contributed by atoms with Crippen LogP contribution in [-0.4, -0.2) is 43.4 Å². The highest BCUT2D eigenvalue weighted by Gasteiger charge is 2.49. The number of nitrogens with zero attached hydrogens (tertiary/aromatic N) is 1. The number of nitrogens with two attached hydrogens (primary N) is 1. The van der Waals surface area contributed by atoms with Crippen LogP contribution in [0.25, 0.3) is 0 Å². The summed E-state index contributed by atoms with van der Waals surface area (Å²) in [7, 11) is -3.80. The Labute approximate surface area is 162 Å². The summed E-state index contributed by atoms with van der Waals surface area (Å²) in [6, 6.07) is 2.03. The monoisotopic (exact) mass is 415 g/mol. The fourth-order valence-electron chi connectivity index (χ4n) is 3.34. The van der Waals surface area contributed by atoms with Crippen molar-refractivity contribution in [1.29, 1.82) is 0 Å². The van der Waals surface area contributed by atoms with E-state index in [4.69, 9.17) is 10.5 Å². The van der Waals surface area contributed by atoms with E-state index in [2.05, 4.69) is 10.3 Å². The van der Waals surface area contributed by atoms with Crippen LogP contribution in [0.5, 0.6) is 0 Å². The third-order valence-corrected chi connectivity index (χ3v) is 8.04. The fraction of sp³-hybridized carbons (Fsp3) is 0.556. The number of carbonyl (C=O) groups is 1. The van der Waals surface area contributed by atoms with Gasteiger partial charge in [0.15, 0.2) is 21.5 Å². The van der Waals surface area contributed by atoms with E-state index in [-0.39, 0.29) is 17.1 Å². The topological polar surface area (TPSA) is 111 Å². The minimum Gasteiger partial charge on any atom is -0.386 e. The Morgan fingerprint density at radius 2 is 2.00 bits per heavy atom. The average Bonchev–Trinajstić information content (AvgIpc) is 3.10. The number of hydrogen-bond donors (Lipinski definition) is 2. The van der Waals surface area contributed by atoms with E-state index in [0.29, 0.717) is 13.0 Å². The van der Waals surface area contributed by atoms with Gasteiger partial charge in [0, 0.05) is 23.9 Å². The molecule has 0 aliphatic carbocycles. The highest BCUT2D eigenvalue weighted by atomic mass is 32.2. The van der Waals surface area contributed by atoms with Gasteiger partial charge in [-0.25, -0.2) is 17.2 Å². The minimum absolute atomic E-state index is 0.00775. The Hall–Kier alpha value is -2.07. The Bertz CT molecular complexity index is 956. The lowest BCUT2D eigenvalue weighted by Crippen LogP contribution is -2.55. The second-order valence-electron chi connectivity index (χ2n) is 7.85. The van der Waals surface area contributed by atoms with Gasteiger partial charge >= 0.3 is 0 Å². The highest BCUT2D eigenvalue weighted by Crippen LogP contribution is 2.39. The van der Waals surface area contributed by atoms with Crippen molar-refractivity contribution in [2.45, 2.75) is 50.0 Å².